The van der Waals surface area contributed by atoms with Gasteiger partial charge in [-0.15, -0.1) is 0 Å². The number of likely N-dealkylation sites (tertiary alicyclic amines) is 1. The number of carbonyl (C=O) groups is 1. The molecule has 0 aromatic carbocycles. The van der Waals surface area contributed by atoms with Crippen molar-refractivity contribution in [3.63, 3.8) is 0 Å². The molecule has 0 aliphatic carbocycles. The van der Waals surface area contributed by atoms with Crippen LogP contribution in [0.5, 0.6) is 0 Å². The number of aromatic nitrogens is 1. The van der Waals surface area contributed by atoms with Gasteiger partial charge in [0.05, 0.1) is 0 Å². The molecule has 19 heavy (non-hydrogen) atoms. The molecule has 0 spiro atoms. The topological polar surface area (TPSA) is 65.2 Å². The minimum atomic E-state index is -0.293. The van der Waals surface area contributed by atoms with Crippen LogP contribution >= 0.6 is 0 Å². The number of nitrogens with zero attached hydrogens (tertiary/aromatic N) is 1. The second-order valence-electron chi connectivity index (χ2n) is 5.09. The molecule has 1 aromatic heterocycles. The van der Waals surface area contributed by atoms with Crippen LogP contribution in [0.3, 0.4) is 0 Å². The summed E-state index contributed by atoms with van der Waals surface area (Å²) in [5.74, 6) is -0.152. The van der Waals surface area contributed by atoms with Gasteiger partial charge in [0.25, 0.3) is 11.5 Å². The van der Waals surface area contributed by atoms with Gasteiger partial charge in [0.1, 0.15) is 5.56 Å². The molecule has 0 radical (unpaired) electrons. The van der Waals surface area contributed by atoms with Crippen molar-refractivity contribution < 1.29 is 4.79 Å². The number of aryl methyl sites for hydroxylation is 1. The number of carbonyl (C=O) groups excluding carboxylic acids is 1. The fraction of sp³-hybridized carbons (Fsp3) is 0.571. The average molecular weight is 263 g/mol. The van der Waals surface area contributed by atoms with E-state index in [2.05, 4.69) is 10.3 Å². The highest BCUT2D eigenvalue weighted by atomic mass is 16.2. The third kappa shape index (κ3) is 3.04. The zero-order valence-corrected chi connectivity index (χ0v) is 11.5. The van der Waals surface area contributed by atoms with Crippen molar-refractivity contribution in [3.05, 3.63) is 33.7 Å². The molecule has 1 amide bonds. The van der Waals surface area contributed by atoms with E-state index in [-0.39, 0.29) is 23.1 Å². The maximum atomic E-state index is 12.5. The molecule has 2 heterocycles. The van der Waals surface area contributed by atoms with Crippen LogP contribution in [-0.2, 0) is 0 Å². The number of hydrogen-bond donors (Lipinski definition) is 2. The summed E-state index contributed by atoms with van der Waals surface area (Å²) in [4.78, 5) is 28.9. The van der Waals surface area contributed by atoms with E-state index in [1.54, 1.807) is 19.1 Å². The maximum absolute atomic E-state index is 12.5. The highest BCUT2D eigenvalue weighted by Gasteiger charge is 2.28. The van der Waals surface area contributed by atoms with Crippen LogP contribution in [0.4, 0.5) is 0 Å². The summed E-state index contributed by atoms with van der Waals surface area (Å²) in [5.41, 5.74) is 0.722. The van der Waals surface area contributed by atoms with Gasteiger partial charge in [0.15, 0.2) is 0 Å². The SMILES string of the molecule is CNCC1CCCCN1C(=O)c1ccc(C)[nH]c1=O. The van der Waals surface area contributed by atoms with E-state index in [9.17, 15) is 9.59 Å². The zero-order chi connectivity index (χ0) is 13.8. The standard InChI is InChI=1S/C14H21N3O2/c1-10-6-7-12(13(18)16-10)14(19)17-8-4-3-5-11(17)9-15-2/h6-7,11,15H,3-5,8-9H2,1-2H3,(H,16,18). The second kappa shape index (κ2) is 6.02. The first kappa shape index (κ1) is 13.8. The Labute approximate surface area is 113 Å². The Hall–Kier alpha value is -1.62. The number of likely N-dealkylation sites (N-methyl/N-ethyl adjacent to an activating group) is 1. The number of H-pyrrole nitrogens is 1. The summed E-state index contributed by atoms with van der Waals surface area (Å²) in [6.45, 7) is 3.31. The highest BCUT2D eigenvalue weighted by Crippen LogP contribution is 2.18. The van der Waals surface area contributed by atoms with E-state index >= 15 is 0 Å². The first-order chi connectivity index (χ1) is 9.13. The van der Waals surface area contributed by atoms with E-state index < -0.39 is 0 Å². The van der Waals surface area contributed by atoms with E-state index in [4.69, 9.17) is 0 Å². The van der Waals surface area contributed by atoms with Crippen molar-refractivity contribution in [2.24, 2.45) is 0 Å². The molecule has 1 aliphatic rings. The van der Waals surface area contributed by atoms with Crippen LogP contribution in [0.2, 0.25) is 0 Å². The van der Waals surface area contributed by atoms with E-state index in [0.29, 0.717) is 0 Å². The molecule has 1 unspecified atom stereocenters. The number of pyridine rings is 1. The van der Waals surface area contributed by atoms with Crippen molar-refractivity contribution in [1.29, 1.82) is 0 Å². The molecular weight excluding hydrogens is 242 g/mol. The lowest BCUT2D eigenvalue weighted by atomic mass is 10.0. The number of piperidine rings is 1. The lowest BCUT2D eigenvalue weighted by Crippen LogP contribution is -2.49. The highest BCUT2D eigenvalue weighted by molar-refractivity contribution is 5.94. The molecular formula is C14H21N3O2. The molecule has 5 nitrogen and oxygen atoms in total. The average Bonchev–Trinajstić information content (AvgIpc) is 2.39. The van der Waals surface area contributed by atoms with Crippen molar-refractivity contribution >= 4 is 5.91 Å². The molecule has 1 aliphatic heterocycles. The number of rotatable bonds is 3. The summed E-state index contributed by atoms with van der Waals surface area (Å²) in [5, 5.41) is 3.12. The largest absolute Gasteiger partial charge is 0.334 e. The minimum absolute atomic E-state index is 0.152. The first-order valence-corrected chi connectivity index (χ1v) is 6.79. The molecule has 1 aromatic rings. The summed E-state index contributed by atoms with van der Waals surface area (Å²) in [6, 6.07) is 3.58. The molecule has 0 bridgehead atoms. The Bertz CT molecular complexity index is 508. The van der Waals surface area contributed by atoms with Crippen molar-refractivity contribution in [2.75, 3.05) is 20.1 Å². The van der Waals surface area contributed by atoms with E-state index in [1.807, 2.05) is 11.9 Å². The van der Waals surface area contributed by atoms with Crippen LogP contribution in [0, 0.1) is 6.92 Å². The summed E-state index contributed by atoms with van der Waals surface area (Å²) < 4.78 is 0. The van der Waals surface area contributed by atoms with E-state index in [1.165, 1.54) is 0 Å². The van der Waals surface area contributed by atoms with Crippen LogP contribution < -0.4 is 10.9 Å². The molecule has 1 atom stereocenters. The Morgan fingerprint density at radius 1 is 1.47 bits per heavy atom. The molecule has 2 N–H and O–H groups in total. The normalized spacial score (nSPS) is 19.5. The van der Waals surface area contributed by atoms with Gasteiger partial charge in [-0.1, -0.05) is 0 Å². The number of nitrogens with one attached hydrogen (secondary N) is 2. The molecule has 5 heteroatoms. The zero-order valence-electron chi connectivity index (χ0n) is 11.5. The van der Waals surface area contributed by atoms with Gasteiger partial charge in [0.2, 0.25) is 0 Å². The van der Waals surface area contributed by atoms with Gasteiger partial charge >= 0.3 is 0 Å². The van der Waals surface area contributed by atoms with Gasteiger partial charge in [0, 0.05) is 24.8 Å². The number of hydrogen-bond acceptors (Lipinski definition) is 3. The number of amides is 1. The third-order valence-corrected chi connectivity index (χ3v) is 3.61. The number of aromatic amines is 1. The van der Waals surface area contributed by atoms with Gasteiger partial charge in [-0.25, -0.2) is 0 Å². The predicted molar refractivity (Wildman–Crippen MR) is 74.4 cm³/mol. The van der Waals surface area contributed by atoms with Crippen molar-refractivity contribution in [1.82, 2.24) is 15.2 Å². The molecule has 0 saturated carbocycles. The Balaban J connectivity index is 2.23. The van der Waals surface area contributed by atoms with Crippen LogP contribution in [0.15, 0.2) is 16.9 Å². The van der Waals surface area contributed by atoms with Crippen LogP contribution in [0.25, 0.3) is 0 Å². The van der Waals surface area contributed by atoms with Gasteiger partial charge in [-0.2, -0.15) is 0 Å². The summed E-state index contributed by atoms with van der Waals surface area (Å²) in [7, 11) is 1.88. The Kier molecular flexibility index (Phi) is 4.37. The first-order valence-electron chi connectivity index (χ1n) is 6.79. The quantitative estimate of drug-likeness (QED) is 0.851. The smallest absolute Gasteiger partial charge is 0.260 e. The fourth-order valence-corrected chi connectivity index (χ4v) is 2.61. The molecule has 104 valence electrons. The van der Waals surface area contributed by atoms with Crippen molar-refractivity contribution in [3.8, 4) is 0 Å². The van der Waals surface area contributed by atoms with Gasteiger partial charge in [-0.3, -0.25) is 9.59 Å². The summed E-state index contributed by atoms with van der Waals surface area (Å²) >= 11 is 0. The van der Waals surface area contributed by atoms with Crippen LogP contribution in [0.1, 0.15) is 35.3 Å². The maximum Gasteiger partial charge on any atom is 0.260 e. The van der Waals surface area contributed by atoms with Gasteiger partial charge in [-0.05, 0) is 45.4 Å². The lowest BCUT2D eigenvalue weighted by Gasteiger charge is -2.35. The van der Waals surface area contributed by atoms with Crippen molar-refractivity contribution in [2.45, 2.75) is 32.2 Å². The third-order valence-electron chi connectivity index (χ3n) is 3.61. The van der Waals surface area contributed by atoms with Crippen LogP contribution in [-0.4, -0.2) is 42.0 Å². The fourth-order valence-electron chi connectivity index (χ4n) is 2.61. The Morgan fingerprint density at radius 2 is 2.26 bits per heavy atom. The monoisotopic (exact) mass is 263 g/mol. The molecule has 1 saturated heterocycles. The lowest BCUT2D eigenvalue weighted by molar-refractivity contribution is 0.0613. The Morgan fingerprint density at radius 3 is 2.95 bits per heavy atom. The summed E-state index contributed by atoms with van der Waals surface area (Å²) in [6.07, 6.45) is 3.15. The molecule has 1 fully saturated rings. The van der Waals surface area contributed by atoms with E-state index in [0.717, 1.165) is 38.0 Å². The van der Waals surface area contributed by atoms with Gasteiger partial charge < -0.3 is 15.2 Å². The molecule has 2 rings (SSSR count). The second-order valence-corrected chi connectivity index (χ2v) is 5.09. The predicted octanol–water partition coefficient (Wildman–Crippen LogP) is 0.897. The minimum Gasteiger partial charge on any atom is -0.334 e.